The van der Waals surface area contributed by atoms with Gasteiger partial charge in [0.2, 0.25) is 0 Å². The minimum absolute atomic E-state index is 0.867. The molecule has 57 heavy (non-hydrogen) atoms. The number of rotatable bonds is 40. The summed E-state index contributed by atoms with van der Waals surface area (Å²) < 4.78 is 37.0. The molecule has 348 valence electrons. The highest BCUT2D eigenvalue weighted by molar-refractivity contribution is 7.79. The van der Waals surface area contributed by atoms with Gasteiger partial charge < -0.3 is 18.1 Å². The van der Waals surface area contributed by atoms with Gasteiger partial charge >= 0.3 is 0 Å². The fraction of sp³-hybridized carbons (Fsp3) is 1.00. The Kier molecular flexibility index (Phi) is 47.0. The van der Waals surface area contributed by atoms with Gasteiger partial charge in [0.15, 0.2) is 0 Å². The van der Waals surface area contributed by atoms with E-state index in [0.717, 1.165) is 12.1 Å². The number of hydrogen-bond donors (Lipinski definition) is 0. The molecule has 0 aliphatic rings. The summed E-state index contributed by atoms with van der Waals surface area (Å²) in [7, 11) is -5.17. The summed E-state index contributed by atoms with van der Waals surface area (Å²) in [6, 6.07) is 1.73. The van der Waals surface area contributed by atoms with Crippen LogP contribution in [0.25, 0.3) is 0 Å². The van der Waals surface area contributed by atoms with E-state index >= 15 is 0 Å². The van der Waals surface area contributed by atoms with Crippen LogP contribution in [0.1, 0.15) is 275 Å². The first kappa shape index (κ1) is 61.1. The van der Waals surface area contributed by atoms with Gasteiger partial charge in [-0.05, 0) is 117 Å². The van der Waals surface area contributed by atoms with E-state index in [1.807, 2.05) is 0 Å². The lowest BCUT2D eigenvalue weighted by atomic mass is 10.0. The Morgan fingerprint density at radius 3 is 0.632 bits per heavy atom. The minimum atomic E-state index is -5.17. The first-order valence-corrected chi connectivity index (χ1v) is 27.0. The topological polar surface area (TPSA) is 80.3 Å². The van der Waals surface area contributed by atoms with Crippen LogP contribution in [0.3, 0.4) is 0 Å². The fourth-order valence-corrected chi connectivity index (χ4v) is 9.04. The molecular weight excluding hydrogens is 725 g/mol. The van der Waals surface area contributed by atoms with Gasteiger partial charge in [0, 0.05) is 10.4 Å². The quantitative estimate of drug-likeness (QED) is 0.0267. The Labute approximate surface area is 361 Å². The van der Waals surface area contributed by atoms with E-state index in [0.29, 0.717) is 0 Å². The summed E-state index contributed by atoms with van der Waals surface area (Å²) in [6.45, 7) is 32.6. The predicted molar refractivity (Wildman–Crippen MR) is 252 cm³/mol. The van der Waals surface area contributed by atoms with E-state index in [9.17, 15) is 0 Å². The molecule has 0 rings (SSSR count). The molecule has 2 unspecified atom stereocenters. The largest absolute Gasteiger partial charge is 0.759 e. The lowest BCUT2D eigenvalue weighted by molar-refractivity contribution is -0.950. The van der Waals surface area contributed by atoms with Gasteiger partial charge in [0.05, 0.1) is 51.4 Å². The van der Waals surface area contributed by atoms with Crippen LogP contribution in [0.15, 0.2) is 0 Å². The van der Waals surface area contributed by atoms with Crippen molar-refractivity contribution < 1.29 is 26.5 Å². The van der Waals surface area contributed by atoms with Crippen LogP contribution >= 0.6 is 0 Å². The predicted octanol–water partition coefficient (Wildman–Crippen LogP) is 15.7. The van der Waals surface area contributed by atoms with Crippen molar-refractivity contribution in [2.75, 3.05) is 39.3 Å². The molecule has 0 aromatic carbocycles. The molecule has 0 N–H and O–H groups in total. The average Bonchev–Trinajstić information content (AvgIpc) is 3.17. The number of quaternary nitrogens is 2. The van der Waals surface area contributed by atoms with Crippen molar-refractivity contribution in [3.05, 3.63) is 0 Å². The summed E-state index contributed by atoms with van der Waals surface area (Å²) in [4.78, 5) is 0. The highest BCUT2D eigenvalue weighted by Crippen LogP contribution is 2.26. The lowest BCUT2D eigenvalue weighted by Gasteiger charge is -2.45. The standard InChI is InChI=1S/2C25H54N.H2O4S/c2*1-6-10-14-18-22-26(23-19-15-11-7-2,24-20-16-12-8-3)25(5)21-17-13-9-4;1-5(2,3)4/h2*25H,6-24H2,1-5H3;(H2,1,2,3,4)/q2*+1;/p-2. The number of hydrogen-bond acceptors (Lipinski definition) is 4. The van der Waals surface area contributed by atoms with E-state index in [4.69, 9.17) is 17.5 Å². The Bertz CT molecular complexity index is 757. The molecule has 0 radical (unpaired) electrons. The zero-order valence-electron chi connectivity index (χ0n) is 41.0. The maximum atomic E-state index is 8.52. The molecule has 0 fully saturated rings. The molecule has 0 spiro atoms. The van der Waals surface area contributed by atoms with Gasteiger partial charge in [0.1, 0.15) is 0 Å². The molecule has 0 aromatic heterocycles. The summed E-state index contributed by atoms with van der Waals surface area (Å²) >= 11 is 0. The molecule has 0 heterocycles. The Balaban J connectivity index is -0.000000913. The van der Waals surface area contributed by atoms with Crippen LogP contribution in [0.4, 0.5) is 0 Å². The normalized spacial score (nSPS) is 13.1. The third-order valence-electron chi connectivity index (χ3n) is 13.1. The van der Waals surface area contributed by atoms with Gasteiger partial charge in [-0.1, -0.05) is 158 Å². The molecule has 2 atom stereocenters. The monoisotopic (exact) mass is 833 g/mol. The maximum absolute atomic E-state index is 8.52. The highest BCUT2D eigenvalue weighted by atomic mass is 32.3. The number of nitrogens with zero attached hydrogens (tertiary/aromatic N) is 2. The zero-order chi connectivity index (χ0) is 43.5. The van der Waals surface area contributed by atoms with Crippen LogP contribution < -0.4 is 0 Å². The van der Waals surface area contributed by atoms with Gasteiger partial charge in [-0.3, -0.25) is 8.42 Å². The molecule has 0 aliphatic heterocycles. The average molecular weight is 833 g/mol. The maximum Gasteiger partial charge on any atom is 0.0861 e. The second-order valence-corrected chi connectivity index (χ2v) is 19.1. The molecule has 0 aliphatic carbocycles. The van der Waals surface area contributed by atoms with Crippen molar-refractivity contribution in [2.24, 2.45) is 0 Å². The van der Waals surface area contributed by atoms with Crippen molar-refractivity contribution in [3.63, 3.8) is 0 Å². The van der Waals surface area contributed by atoms with E-state index in [1.54, 1.807) is 0 Å². The Morgan fingerprint density at radius 1 is 0.316 bits per heavy atom. The van der Waals surface area contributed by atoms with Crippen molar-refractivity contribution in [3.8, 4) is 0 Å². The lowest BCUT2D eigenvalue weighted by Crippen LogP contribution is -2.56. The zero-order valence-corrected chi connectivity index (χ0v) is 41.8. The number of unbranched alkanes of at least 4 members (excludes halogenated alkanes) is 22. The molecule has 0 amide bonds. The van der Waals surface area contributed by atoms with Crippen molar-refractivity contribution in [1.29, 1.82) is 0 Å². The van der Waals surface area contributed by atoms with Crippen LogP contribution in [0.2, 0.25) is 0 Å². The third-order valence-corrected chi connectivity index (χ3v) is 13.1. The summed E-state index contributed by atoms with van der Waals surface area (Å²) in [5.74, 6) is 0. The highest BCUT2D eigenvalue weighted by Gasteiger charge is 2.33. The minimum Gasteiger partial charge on any atom is -0.759 e. The van der Waals surface area contributed by atoms with Crippen molar-refractivity contribution in [1.82, 2.24) is 0 Å². The molecular formula is C50H108N2O4S. The second-order valence-electron chi connectivity index (χ2n) is 18.2. The second kappa shape index (κ2) is 43.9. The van der Waals surface area contributed by atoms with Gasteiger partial charge in [-0.2, -0.15) is 0 Å². The van der Waals surface area contributed by atoms with Crippen LogP contribution in [0, 0.1) is 0 Å². The molecule has 0 saturated carbocycles. The molecule has 6 nitrogen and oxygen atoms in total. The van der Waals surface area contributed by atoms with Crippen LogP contribution in [0.5, 0.6) is 0 Å². The molecule has 0 bridgehead atoms. The van der Waals surface area contributed by atoms with Crippen LogP contribution in [-0.2, 0) is 10.4 Å². The van der Waals surface area contributed by atoms with Gasteiger partial charge in [-0.25, -0.2) is 0 Å². The van der Waals surface area contributed by atoms with E-state index < -0.39 is 10.4 Å². The summed E-state index contributed by atoms with van der Waals surface area (Å²) in [5.41, 5.74) is 0. The SMILES string of the molecule is CCCCCC[N+](CCCCCC)(CCCCCC)C(C)CCCCC.CCCCCC[N+](CCCCCC)(CCCCCC)C(C)CCCCC.O=S(=O)([O-])[O-]. The van der Waals surface area contributed by atoms with Gasteiger partial charge in [0.25, 0.3) is 0 Å². The Morgan fingerprint density at radius 2 is 0.474 bits per heavy atom. The first-order valence-electron chi connectivity index (χ1n) is 25.7. The summed E-state index contributed by atoms with van der Waals surface area (Å²) in [5, 5.41) is 0. The summed E-state index contributed by atoms with van der Waals surface area (Å²) in [6.07, 6.45) is 45.4. The van der Waals surface area contributed by atoms with E-state index in [1.165, 1.54) is 254 Å². The van der Waals surface area contributed by atoms with Gasteiger partial charge in [-0.15, -0.1) is 0 Å². The molecule has 0 saturated heterocycles. The van der Waals surface area contributed by atoms with E-state index in [-0.39, 0.29) is 0 Å². The smallest absolute Gasteiger partial charge is 0.0861 e. The molecule has 0 aromatic rings. The third kappa shape index (κ3) is 39.7. The van der Waals surface area contributed by atoms with Crippen molar-refractivity contribution in [2.45, 2.75) is 287 Å². The first-order chi connectivity index (χ1) is 27.3. The Hall–Kier alpha value is -0.210. The van der Waals surface area contributed by atoms with E-state index in [2.05, 4.69) is 69.2 Å². The van der Waals surface area contributed by atoms with Crippen LogP contribution in [-0.4, -0.2) is 77.8 Å². The fourth-order valence-electron chi connectivity index (χ4n) is 9.04. The molecule has 7 heteroatoms. The van der Waals surface area contributed by atoms with Crippen molar-refractivity contribution >= 4 is 10.4 Å².